The predicted octanol–water partition coefficient (Wildman–Crippen LogP) is 2.36. The van der Waals surface area contributed by atoms with E-state index < -0.39 is 5.41 Å². The van der Waals surface area contributed by atoms with Crippen molar-refractivity contribution < 1.29 is 4.79 Å². The molecule has 1 N–H and O–H groups in total. The third-order valence-electron chi connectivity index (χ3n) is 3.44. The van der Waals surface area contributed by atoms with Crippen molar-refractivity contribution in [2.45, 2.75) is 19.3 Å². The minimum Gasteiger partial charge on any atom is -0.314 e. The molecule has 1 aliphatic heterocycles. The number of nitrogens with one attached hydrogen (secondary N) is 1. The summed E-state index contributed by atoms with van der Waals surface area (Å²) in [6, 6.07) is 5.65. The van der Waals surface area contributed by atoms with E-state index in [1.807, 2.05) is 44.5 Å². The quantitative estimate of drug-likeness (QED) is 0.373. The molecule has 0 atom stereocenters. The SMILES string of the molecule is CSC(=Nc1ccc2c(c1)C(C)(C)C(=O)N2C)NC#N. The number of fused-ring (bicyclic) bond motifs is 1. The van der Waals surface area contributed by atoms with Crippen LogP contribution in [0.4, 0.5) is 11.4 Å². The fourth-order valence-electron chi connectivity index (χ4n) is 2.32. The Bertz CT molecular complexity index is 631. The Morgan fingerprint density at radius 2 is 2.20 bits per heavy atom. The van der Waals surface area contributed by atoms with Gasteiger partial charge in [-0.15, -0.1) is 0 Å². The Kier molecular flexibility index (Phi) is 3.73. The van der Waals surface area contributed by atoms with Crippen molar-refractivity contribution in [3.8, 4) is 6.19 Å². The van der Waals surface area contributed by atoms with E-state index in [4.69, 9.17) is 5.26 Å². The van der Waals surface area contributed by atoms with Crippen LogP contribution in [0.3, 0.4) is 0 Å². The lowest BCUT2D eigenvalue weighted by Crippen LogP contribution is -2.33. The number of amidine groups is 1. The second kappa shape index (κ2) is 5.17. The molecule has 1 aromatic rings. The molecule has 0 radical (unpaired) electrons. The smallest absolute Gasteiger partial charge is 0.236 e. The van der Waals surface area contributed by atoms with Gasteiger partial charge in [0.2, 0.25) is 5.91 Å². The minimum atomic E-state index is -0.544. The van der Waals surface area contributed by atoms with Gasteiger partial charge >= 0.3 is 0 Å². The molecule has 1 aliphatic rings. The molecule has 0 saturated heterocycles. The molecule has 6 heteroatoms. The number of nitrogens with zero attached hydrogens (tertiary/aromatic N) is 3. The molecule has 0 saturated carbocycles. The van der Waals surface area contributed by atoms with E-state index in [1.165, 1.54) is 11.8 Å². The van der Waals surface area contributed by atoms with Gasteiger partial charge in [-0.2, -0.15) is 5.26 Å². The highest BCUT2D eigenvalue weighted by Gasteiger charge is 2.42. The number of amides is 1. The first-order chi connectivity index (χ1) is 9.41. The highest BCUT2D eigenvalue weighted by Crippen LogP contribution is 2.42. The van der Waals surface area contributed by atoms with Gasteiger partial charge < -0.3 is 4.90 Å². The van der Waals surface area contributed by atoms with Gasteiger partial charge in [0.25, 0.3) is 0 Å². The van der Waals surface area contributed by atoms with Crippen LogP contribution in [0.1, 0.15) is 19.4 Å². The summed E-state index contributed by atoms with van der Waals surface area (Å²) in [6.45, 7) is 3.82. The summed E-state index contributed by atoms with van der Waals surface area (Å²) in [5.74, 6) is 0.0777. The molecular formula is C14H16N4OS. The fourth-order valence-corrected chi connectivity index (χ4v) is 2.66. The van der Waals surface area contributed by atoms with E-state index in [0.717, 1.165) is 16.9 Å². The topological polar surface area (TPSA) is 68.5 Å². The molecular weight excluding hydrogens is 272 g/mol. The van der Waals surface area contributed by atoms with Gasteiger partial charge in [-0.3, -0.25) is 10.1 Å². The first-order valence-electron chi connectivity index (χ1n) is 6.12. The van der Waals surface area contributed by atoms with Crippen LogP contribution in [-0.2, 0) is 10.2 Å². The van der Waals surface area contributed by atoms with Crippen molar-refractivity contribution in [2.75, 3.05) is 18.2 Å². The molecule has 20 heavy (non-hydrogen) atoms. The zero-order chi connectivity index (χ0) is 14.9. The Hall–Kier alpha value is -2.00. The van der Waals surface area contributed by atoms with Gasteiger partial charge in [-0.25, -0.2) is 4.99 Å². The first kappa shape index (κ1) is 14.4. The second-order valence-corrected chi connectivity index (χ2v) is 5.84. The van der Waals surface area contributed by atoms with Gasteiger partial charge in [0, 0.05) is 12.7 Å². The maximum Gasteiger partial charge on any atom is 0.236 e. The van der Waals surface area contributed by atoms with E-state index in [9.17, 15) is 4.79 Å². The number of benzene rings is 1. The average Bonchev–Trinajstić information content (AvgIpc) is 2.60. The van der Waals surface area contributed by atoms with Crippen LogP contribution in [0.5, 0.6) is 0 Å². The molecule has 1 heterocycles. The van der Waals surface area contributed by atoms with Crippen LogP contribution in [0.25, 0.3) is 0 Å². The van der Waals surface area contributed by atoms with Crippen LogP contribution in [0.2, 0.25) is 0 Å². The van der Waals surface area contributed by atoms with Crippen molar-refractivity contribution in [3.05, 3.63) is 23.8 Å². The lowest BCUT2D eigenvalue weighted by Gasteiger charge is -2.16. The first-order valence-corrected chi connectivity index (χ1v) is 7.34. The third kappa shape index (κ3) is 2.25. The highest BCUT2D eigenvalue weighted by atomic mass is 32.2. The molecule has 5 nitrogen and oxygen atoms in total. The lowest BCUT2D eigenvalue weighted by molar-refractivity contribution is -0.121. The molecule has 0 fully saturated rings. The monoisotopic (exact) mass is 288 g/mol. The number of likely N-dealkylation sites (N-methyl/N-ethyl adjacent to an activating group) is 1. The maximum absolute atomic E-state index is 12.2. The van der Waals surface area contributed by atoms with E-state index in [-0.39, 0.29) is 5.91 Å². The number of rotatable bonds is 1. The maximum atomic E-state index is 12.2. The largest absolute Gasteiger partial charge is 0.314 e. The minimum absolute atomic E-state index is 0.0777. The third-order valence-corrected chi connectivity index (χ3v) is 4.02. The number of carbonyl (C=O) groups excluding carboxylic acids is 1. The number of hydrogen-bond acceptors (Lipinski definition) is 4. The number of carbonyl (C=O) groups is 1. The predicted molar refractivity (Wildman–Crippen MR) is 82.2 cm³/mol. The summed E-state index contributed by atoms with van der Waals surface area (Å²) in [5, 5.41) is 11.7. The zero-order valence-electron chi connectivity index (χ0n) is 11.9. The molecule has 0 aliphatic carbocycles. The molecule has 104 valence electrons. The van der Waals surface area contributed by atoms with Crippen molar-refractivity contribution >= 4 is 34.2 Å². The molecule has 2 rings (SSSR count). The summed E-state index contributed by atoms with van der Waals surface area (Å²) in [7, 11) is 1.78. The molecule has 1 amide bonds. The summed E-state index contributed by atoms with van der Waals surface area (Å²) in [4.78, 5) is 18.3. The number of thioether (sulfide) groups is 1. The highest BCUT2D eigenvalue weighted by molar-refractivity contribution is 8.13. The normalized spacial score (nSPS) is 16.9. The fraction of sp³-hybridized carbons (Fsp3) is 0.357. The van der Waals surface area contributed by atoms with Crippen molar-refractivity contribution in [1.29, 1.82) is 5.26 Å². The molecule has 1 aromatic carbocycles. The van der Waals surface area contributed by atoms with Crippen LogP contribution >= 0.6 is 11.8 Å². The van der Waals surface area contributed by atoms with E-state index in [0.29, 0.717) is 5.17 Å². The number of hydrogen-bond donors (Lipinski definition) is 1. The number of anilines is 1. The van der Waals surface area contributed by atoms with Crippen LogP contribution in [0.15, 0.2) is 23.2 Å². The van der Waals surface area contributed by atoms with Gasteiger partial charge in [-0.1, -0.05) is 11.8 Å². The zero-order valence-corrected chi connectivity index (χ0v) is 12.7. The summed E-state index contributed by atoms with van der Waals surface area (Å²) < 4.78 is 0. The lowest BCUT2D eigenvalue weighted by atomic mass is 9.86. The molecule has 0 bridgehead atoms. The van der Waals surface area contributed by atoms with Crippen molar-refractivity contribution in [1.82, 2.24) is 5.32 Å². The Balaban J connectivity index is 2.47. The summed E-state index contributed by atoms with van der Waals surface area (Å²) >= 11 is 1.36. The van der Waals surface area contributed by atoms with Crippen molar-refractivity contribution in [3.63, 3.8) is 0 Å². The molecule has 0 unspecified atom stereocenters. The van der Waals surface area contributed by atoms with Crippen LogP contribution in [0, 0.1) is 11.5 Å². The molecule has 0 spiro atoms. The Morgan fingerprint density at radius 1 is 1.50 bits per heavy atom. The average molecular weight is 288 g/mol. The Morgan fingerprint density at radius 3 is 2.80 bits per heavy atom. The van der Waals surface area contributed by atoms with Gasteiger partial charge in [0.15, 0.2) is 11.4 Å². The summed E-state index contributed by atoms with van der Waals surface area (Å²) in [5.41, 5.74) is 2.06. The number of nitriles is 1. The van der Waals surface area contributed by atoms with Gasteiger partial charge in [0.05, 0.1) is 11.1 Å². The number of aliphatic imine (C=N–C) groups is 1. The van der Waals surface area contributed by atoms with Gasteiger partial charge in [0.1, 0.15) is 0 Å². The Labute approximate surface area is 122 Å². The van der Waals surface area contributed by atoms with Gasteiger partial charge in [-0.05, 0) is 43.9 Å². The van der Waals surface area contributed by atoms with E-state index >= 15 is 0 Å². The van der Waals surface area contributed by atoms with Crippen LogP contribution in [-0.4, -0.2) is 24.4 Å². The standard InChI is InChI=1S/C14H16N4OS/c1-14(2)10-7-9(17-13(20-4)16-8-15)5-6-11(10)18(3)12(14)19/h5-7H,1-4H3,(H,16,17). The van der Waals surface area contributed by atoms with E-state index in [1.54, 1.807) is 11.9 Å². The van der Waals surface area contributed by atoms with E-state index in [2.05, 4.69) is 10.3 Å². The molecule has 0 aromatic heterocycles. The van der Waals surface area contributed by atoms with Crippen molar-refractivity contribution in [2.24, 2.45) is 4.99 Å². The second-order valence-electron chi connectivity index (χ2n) is 5.05. The summed E-state index contributed by atoms with van der Waals surface area (Å²) in [6.07, 6.45) is 3.70. The van der Waals surface area contributed by atoms with Crippen LogP contribution < -0.4 is 10.2 Å².